The standard InChI is InChI=1S/C14H17NO4S2/c1-19-10-4-2-3-5-11(10)21-9-13-15(6-7-20-13)12(16)8-14(17)18/h2-5,13H,6-9H2,1H3,(H,17,18)/t13-/m1/s1. The molecule has 1 N–H and O–H groups in total. The van der Waals surface area contributed by atoms with Crippen molar-refractivity contribution < 1.29 is 19.4 Å². The molecule has 1 aliphatic heterocycles. The van der Waals surface area contributed by atoms with Crippen LogP contribution in [-0.2, 0) is 9.59 Å². The number of thioether (sulfide) groups is 2. The summed E-state index contributed by atoms with van der Waals surface area (Å²) in [5, 5.41) is 8.75. The normalized spacial score (nSPS) is 17.8. The van der Waals surface area contributed by atoms with Gasteiger partial charge in [0.15, 0.2) is 0 Å². The topological polar surface area (TPSA) is 66.8 Å². The van der Waals surface area contributed by atoms with E-state index < -0.39 is 12.4 Å². The molecule has 7 heteroatoms. The summed E-state index contributed by atoms with van der Waals surface area (Å²) in [4.78, 5) is 25.3. The molecule has 0 radical (unpaired) electrons. The molecule has 0 aliphatic carbocycles. The number of nitrogens with zero attached hydrogens (tertiary/aromatic N) is 1. The molecular weight excluding hydrogens is 310 g/mol. The molecule has 21 heavy (non-hydrogen) atoms. The van der Waals surface area contributed by atoms with Gasteiger partial charge < -0.3 is 14.7 Å². The highest BCUT2D eigenvalue weighted by Crippen LogP contribution is 2.34. The summed E-state index contributed by atoms with van der Waals surface area (Å²) in [5.74, 6) is 0.999. The highest BCUT2D eigenvalue weighted by Gasteiger charge is 2.30. The predicted molar refractivity (Wildman–Crippen MR) is 83.9 cm³/mol. The molecule has 1 aliphatic rings. The van der Waals surface area contributed by atoms with E-state index in [0.717, 1.165) is 22.2 Å². The fraction of sp³-hybridized carbons (Fsp3) is 0.429. The van der Waals surface area contributed by atoms with Gasteiger partial charge in [-0.2, -0.15) is 0 Å². The minimum atomic E-state index is -1.08. The molecule has 5 nitrogen and oxygen atoms in total. The number of hydrogen-bond acceptors (Lipinski definition) is 5. The van der Waals surface area contributed by atoms with Crippen molar-refractivity contribution in [1.82, 2.24) is 4.90 Å². The van der Waals surface area contributed by atoms with E-state index in [1.54, 1.807) is 35.5 Å². The number of carboxylic acid groups (broad SMARTS) is 1. The maximum absolute atomic E-state index is 11.9. The lowest BCUT2D eigenvalue weighted by molar-refractivity contribution is -0.144. The monoisotopic (exact) mass is 327 g/mol. The van der Waals surface area contributed by atoms with E-state index in [9.17, 15) is 9.59 Å². The molecule has 0 unspecified atom stereocenters. The Morgan fingerprint density at radius 3 is 2.95 bits per heavy atom. The first-order valence-electron chi connectivity index (χ1n) is 6.50. The van der Waals surface area contributed by atoms with Crippen molar-refractivity contribution in [2.24, 2.45) is 0 Å². The number of benzene rings is 1. The summed E-state index contributed by atoms with van der Waals surface area (Å²) in [7, 11) is 1.63. The zero-order chi connectivity index (χ0) is 15.2. The van der Waals surface area contributed by atoms with Crippen molar-refractivity contribution >= 4 is 35.4 Å². The van der Waals surface area contributed by atoms with Crippen LogP contribution in [0, 0.1) is 0 Å². The molecule has 1 atom stereocenters. The Morgan fingerprint density at radius 1 is 1.48 bits per heavy atom. The van der Waals surface area contributed by atoms with E-state index in [4.69, 9.17) is 9.84 Å². The Bertz CT molecular complexity index is 523. The second-order valence-electron chi connectivity index (χ2n) is 4.44. The summed E-state index contributed by atoms with van der Waals surface area (Å²) in [6.45, 7) is 0.619. The van der Waals surface area contributed by atoms with Gasteiger partial charge in [-0.15, -0.1) is 23.5 Å². The number of hydrogen-bond donors (Lipinski definition) is 1. The molecule has 1 amide bonds. The van der Waals surface area contributed by atoms with Gasteiger partial charge >= 0.3 is 5.97 Å². The number of rotatable bonds is 6. The van der Waals surface area contributed by atoms with Crippen LogP contribution in [0.25, 0.3) is 0 Å². The zero-order valence-corrected chi connectivity index (χ0v) is 13.3. The van der Waals surface area contributed by atoms with Crippen LogP contribution in [0.3, 0.4) is 0 Å². The number of methoxy groups -OCH3 is 1. The molecule has 1 aromatic carbocycles. The molecule has 1 fully saturated rings. The Hall–Kier alpha value is -1.34. The van der Waals surface area contributed by atoms with Crippen LogP contribution >= 0.6 is 23.5 Å². The molecule has 0 saturated carbocycles. The third-order valence-corrected chi connectivity index (χ3v) is 5.63. The van der Waals surface area contributed by atoms with Crippen molar-refractivity contribution in [3.05, 3.63) is 24.3 Å². The average molecular weight is 327 g/mol. The summed E-state index contributed by atoms with van der Waals surface area (Å²) < 4.78 is 5.30. The van der Waals surface area contributed by atoms with Gasteiger partial charge in [-0.1, -0.05) is 12.1 Å². The van der Waals surface area contributed by atoms with Gasteiger partial charge in [0, 0.05) is 22.9 Å². The van der Waals surface area contributed by atoms with Crippen molar-refractivity contribution in [2.75, 3.05) is 25.2 Å². The van der Waals surface area contributed by atoms with Crippen LogP contribution in [-0.4, -0.2) is 52.4 Å². The molecule has 114 valence electrons. The minimum absolute atomic E-state index is 0.0202. The molecule has 0 bridgehead atoms. The predicted octanol–water partition coefficient (Wildman–Crippen LogP) is 2.16. The zero-order valence-electron chi connectivity index (χ0n) is 11.7. The first kappa shape index (κ1) is 16.0. The van der Waals surface area contributed by atoms with Crippen molar-refractivity contribution in [3.63, 3.8) is 0 Å². The number of aliphatic carboxylic acids is 1. The number of para-hydroxylation sites is 1. The smallest absolute Gasteiger partial charge is 0.312 e. The molecule has 1 aromatic rings. The maximum Gasteiger partial charge on any atom is 0.312 e. The largest absolute Gasteiger partial charge is 0.496 e. The quantitative estimate of drug-likeness (QED) is 0.638. The molecule has 0 spiro atoms. The van der Waals surface area contributed by atoms with Gasteiger partial charge in [0.2, 0.25) is 5.91 Å². The number of ether oxygens (including phenoxy) is 1. The summed E-state index contributed by atoms with van der Waals surface area (Å²) in [6.07, 6.45) is -0.434. The van der Waals surface area contributed by atoms with Gasteiger partial charge in [-0.3, -0.25) is 9.59 Å². The average Bonchev–Trinajstić information content (AvgIpc) is 2.93. The van der Waals surface area contributed by atoms with Crippen molar-refractivity contribution in [3.8, 4) is 5.75 Å². The summed E-state index contributed by atoms with van der Waals surface area (Å²) in [6, 6.07) is 7.74. The lowest BCUT2D eigenvalue weighted by Gasteiger charge is -2.23. The molecule has 1 heterocycles. The van der Waals surface area contributed by atoms with Gasteiger partial charge in [0.1, 0.15) is 12.2 Å². The second-order valence-corrected chi connectivity index (χ2v) is 6.79. The van der Waals surface area contributed by atoms with E-state index in [1.165, 1.54) is 0 Å². The van der Waals surface area contributed by atoms with Crippen LogP contribution in [0.15, 0.2) is 29.2 Å². The SMILES string of the molecule is COc1ccccc1SC[C@H]1SCCN1C(=O)CC(=O)O. The van der Waals surface area contributed by atoms with Gasteiger partial charge in [-0.05, 0) is 12.1 Å². The summed E-state index contributed by atoms with van der Waals surface area (Å²) >= 11 is 3.31. The fourth-order valence-corrected chi connectivity index (χ4v) is 4.61. The Morgan fingerprint density at radius 2 is 2.24 bits per heavy atom. The third-order valence-electron chi connectivity index (χ3n) is 3.06. The van der Waals surface area contributed by atoms with Crippen molar-refractivity contribution in [1.29, 1.82) is 0 Å². The third kappa shape index (κ3) is 4.31. The van der Waals surface area contributed by atoms with E-state index in [-0.39, 0.29) is 11.3 Å². The van der Waals surface area contributed by atoms with Crippen LogP contribution in [0.2, 0.25) is 0 Å². The molecular formula is C14H17NO4S2. The van der Waals surface area contributed by atoms with Crippen LogP contribution in [0.1, 0.15) is 6.42 Å². The van der Waals surface area contributed by atoms with Crippen LogP contribution < -0.4 is 4.74 Å². The Balaban J connectivity index is 1.95. The van der Waals surface area contributed by atoms with Crippen LogP contribution in [0.4, 0.5) is 0 Å². The van der Waals surface area contributed by atoms with E-state index >= 15 is 0 Å². The number of carbonyl (C=O) groups excluding carboxylic acids is 1. The first-order valence-corrected chi connectivity index (χ1v) is 8.54. The van der Waals surface area contributed by atoms with Gasteiger partial charge in [0.25, 0.3) is 0 Å². The Kier molecular flexibility index (Phi) is 5.81. The lowest BCUT2D eigenvalue weighted by Crippen LogP contribution is -2.37. The second kappa shape index (κ2) is 7.61. The lowest BCUT2D eigenvalue weighted by atomic mass is 10.3. The highest BCUT2D eigenvalue weighted by atomic mass is 32.2. The molecule has 2 rings (SSSR count). The van der Waals surface area contributed by atoms with E-state index in [0.29, 0.717) is 6.54 Å². The Labute approximate surface area is 132 Å². The highest BCUT2D eigenvalue weighted by molar-refractivity contribution is 8.03. The van der Waals surface area contributed by atoms with Crippen LogP contribution in [0.5, 0.6) is 5.75 Å². The van der Waals surface area contributed by atoms with E-state index in [1.807, 2.05) is 24.3 Å². The fourth-order valence-electron chi connectivity index (χ4n) is 2.07. The maximum atomic E-state index is 11.9. The number of carbonyl (C=O) groups is 2. The molecule has 1 saturated heterocycles. The van der Waals surface area contributed by atoms with Crippen molar-refractivity contribution in [2.45, 2.75) is 16.7 Å². The molecule has 0 aromatic heterocycles. The van der Waals surface area contributed by atoms with Gasteiger partial charge in [-0.25, -0.2) is 0 Å². The minimum Gasteiger partial charge on any atom is -0.496 e. The number of carboxylic acids is 1. The summed E-state index contributed by atoms with van der Waals surface area (Å²) in [5.41, 5.74) is 0. The van der Waals surface area contributed by atoms with E-state index in [2.05, 4.69) is 0 Å². The number of amides is 1. The van der Waals surface area contributed by atoms with Gasteiger partial charge in [0.05, 0.1) is 12.5 Å². The first-order chi connectivity index (χ1) is 10.1.